The van der Waals surface area contributed by atoms with Crippen molar-refractivity contribution in [2.75, 3.05) is 16.0 Å². The largest absolute Gasteiger partial charge is 0.494 e. The molecule has 15 nitrogen and oxygen atoms in total. The van der Waals surface area contributed by atoms with Crippen molar-refractivity contribution < 1.29 is 76.4 Å². The average Bonchev–Trinajstić information content (AvgIpc) is 1.66. The van der Waals surface area contributed by atoms with Gasteiger partial charge in [0.2, 0.25) is 0 Å². The Kier molecular flexibility index (Phi) is 21.0. The van der Waals surface area contributed by atoms with E-state index in [1.54, 1.807) is 88.8 Å². The second-order valence-corrected chi connectivity index (χ2v) is 24.8. The number of nitrogens with zero attached hydrogens (tertiary/aromatic N) is 7. The van der Waals surface area contributed by atoms with Gasteiger partial charge in [-0.2, -0.15) is 39.5 Å². The van der Waals surface area contributed by atoms with Crippen molar-refractivity contribution in [3.63, 3.8) is 0 Å². The first-order valence-corrected chi connectivity index (χ1v) is 31.7. The summed E-state index contributed by atoms with van der Waals surface area (Å²) < 4.78 is 180. The quantitative estimate of drug-likeness (QED) is 0.0891. The number of imidazole rings is 3. The Hall–Kier alpha value is -11.4. The zero-order chi connectivity index (χ0) is 73.8. The van der Waals surface area contributed by atoms with Gasteiger partial charge in [0.05, 0.1) is 92.4 Å². The highest BCUT2D eigenvalue weighted by molar-refractivity contribution is 9.10. The van der Waals surface area contributed by atoms with Crippen LogP contribution in [0.25, 0.3) is 50.3 Å². The number of hydrogen-bond donors (Lipinski definition) is 3. The molecule has 524 valence electrons. The summed E-state index contributed by atoms with van der Waals surface area (Å²) in [6, 6.07) is 40.6. The lowest BCUT2D eigenvalue weighted by molar-refractivity contribution is -0.138. The number of alkyl halides is 9. The van der Waals surface area contributed by atoms with Gasteiger partial charge in [0.1, 0.15) is 23.1 Å². The van der Waals surface area contributed by atoms with Gasteiger partial charge in [0.15, 0.2) is 5.82 Å². The lowest BCUT2D eigenvalue weighted by Crippen LogP contribution is -2.41. The maximum atomic E-state index is 13.7. The van der Waals surface area contributed by atoms with Gasteiger partial charge in [-0.3, -0.25) is 23.8 Å². The number of amides is 3. The summed E-state index contributed by atoms with van der Waals surface area (Å²) in [5, 5.41) is 7.15. The highest BCUT2D eigenvalue weighted by atomic mass is 79.9. The van der Waals surface area contributed by atoms with Crippen LogP contribution in [-0.2, 0) is 27.8 Å². The topological polar surface area (TPSA) is 171 Å². The molecule has 0 atom stereocenters. The zero-order valence-corrected chi connectivity index (χ0v) is 55.8. The van der Waals surface area contributed by atoms with Crippen LogP contribution in [0.5, 0.6) is 0 Å². The molecule has 1 saturated heterocycles. The Balaban J connectivity index is 0.000000145. The average molecular weight is 1480 g/mol. The molecule has 103 heavy (non-hydrogen) atoms. The van der Waals surface area contributed by atoms with E-state index in [0.29, 0.717) is 50.3 Å². The van der Waals surface area contributed by atoms with Crippen LogP contribution in [0, 0.1) is 17.5 Å². The Morgan fingerprint density at radius 3 is 1.32 bits per heavy atom. The fourth-order valence-corrected chi connectivity index (χ4v) is 11.1. The summed E-state index contributed by atoms with van der Waals surface area (Å²) in [6.45, 7) is 7.27. The van der Waals surface area contributed by atoms with E-state index in [-0.39, 0.29) is 17.1 Å². The first-order valence-electron chi connectivity index (χ1n) is 30.9. The molecular formula is C74H54BBrF12N10O5. The number of anilines is 3. The van der Waals surface area contributed by atoms with Gasteiger partial charge < -0.3 is 34.1 Å². The van der Waals surface area contributed by atoms with Crippen molar-refractivity contribution in [3.05, 3.63) is 293 Å². The number of carbonyl (C=O) groups excluding carboxylic acids is 3. The van der Waals surface area contributed by atoms with Gasteiger partial charge in [0, 0.05) is 57.4 Å². The number of aromatic nitrogens is 7. The Morgan fingerprint density at radius 2 is 0.874 bits per heavy atom. The standard InChI is InChI=1S/C26H16F4N4O.C21H13F4N3O.C20H20BF4NO3.C7H5BrN2/c27-17-7-9-18(10-8-17)33-25(35)20-14-16(6-11-21(20)26(28,29)30)19-4-3-13-34-23(19)15-32-24(34)22-5-1-2-12-31-22;22-14-4-6-15(7-5-14)27-20(29)17-10-13(3-8-18(17)21(23,24)25)16-2-1-9-28-12-26-11-19(16)28;1-18(2)19(3,4)29-21(28-18)12-5-10-16(20(23,24)25)15(11-12)17(27)26-14-8-6-13(22)7-9-14;8-6-2-1-3-10-5-9-4-7(6)10/h1-15H,(H,33,35);1-12H,(H,27,29);5-11H,1-4H3,(H,26,27);1-5H. The van der Waals surface area contributed by atoms with E-state index >= 15 is 0 Å². The second kappa shape index (κ2) is 29.6. The predicted octanol–water partition coefficient (Wildman–Crippen LogP) is 18.4. The lowest BCUT2D eigenvalue weighted by atomic mass is 9.77. The van der Waals surface area contributed by atoms with Gasteiger partial charge in [-0.05, 0) is 206 Å². The van der Waals surface area contributed by atoms with Gasteiger partial charge in [0.25, 0.3) is 17.7 Å². The summed E-state index contributed by atoms with van der Waals surface area (Å²) >= 11 is 3.42. The molecule has 7 aromatic heterocycles. The van der Waals surface area contributed by atoms with E-state index in [2.05, 4.69) is 51.8 Å². The van der Waals surface area contributed by atoms with E-state index in [1.807, 2.05) is 62.7 Å². The number of halogens is 13. The Labute approximate surface area is 587 Å². The molecule has 1 aliphatic heterocycles. The van der Waals surface area contributed by atoms with Gasteiger partial charge >= 0.3 is 25.6 Å². The molecule has 0 aliphatic carbocycles. The summed E-state index contributed by atoms with van der Waals surface area (Å²) in [4.78, 5) is 54.9. The normalized spacial score (nSPS) is 13.3. The third-order valence-electron chi connectivity index (χ3n) is 16.5. The number of benzene rings is 6. The van der Waals surface area contributed by atoms with Crippen molar-refractivity contribution in [1.82, 2.24) is 33.1 Å². The van der Waals surface area contributed by atoms with Gasteiger partial charge in [-0.15, -0.1) is 0 Å². The van der Waals surface area contributed by atoms with Crippen LogP contribution in [0.3, 0.4) is 0 Å². The van der Waals surface area contributed by atoms with E-state index in [0.717, 1.165) is 70.7 Å². The van der Waals surface area contributed by atoms with Crippen LogP contribution < -0.4 is 21.4 Å². The highest BCUT2D eigenvalue weighted by Gasteiger charge is 2.52. The summed E-state index contributed by atoms with van der Waals surface area (Å²) in [6.07, 6.45) is 1.33. The molecular weight excluding hydrogens is 1430 g/mol. The van der Waals surface area contributed by atoms with E-state index in [9.17, 15) is 67.1 Å². The molecule has 3 amide bonds. The number of hydrogen-bond acceptors (Lipinski definition) is 9. The molecule has 3 N–H and O–H groups in total. The molecule has 6 aromatic carbocycles. The molecule has 13 aromatic rings. The van der Waals surface area contributed by atoms with Crippen molar-refractivity contribution in [2.45, 2.75) is 57.4 Å². The van der Waals surface area contributed by atoms with Gasteiger partial charge in [-0.1, -0.05) is 36.4 Å². The molecule has 0 bridgehead atoms. The van der Waals surface area contributed by atoms with Crippen LogP contribution in [0.1, 0.15) is 75.5 Å². The monoisotopic (exact) mass is 1480 g/mol. The number of nitrogens with one attached hydrogen (secondary N) is 3. The minimum Gasteiger partial charge on any atom is -0.399 e. The predicted molar refractivity (Wildman–Crippen MR) is 368 cm³/mol. The summed E-state index contributed by atoms with van der Waals surface area (Å²) in [5.41, 5.74) is -0.279. The Bertz CT molecular complexity index is 5230. The van der Waals surface area contributed by atoms with Crippen LogP contribution in [0.4, 0.5) is 69.7 Å². The number of rotatable bonds is 10. The maximum Gasteiger partial charge on any atom is 0.494 e. The van der Waals surface area contributed by atoms with Gasteiger partial charge in [-0.25, -0.2) is 28.1 Å². The van der Waals surface area contributed by atoms with E-state index in [1.165, 1.54) is 66.7 Å². The zero-order valence-electron chi connectivity index (χ0n) is 54.2. The summed E-state index contributed by atoms with van der Waals surface area (Å²) in [7, 11) is -0.917. The SMILES string of the molecule is Brc1cccn2cncc12.CC1(C)OB(c2ccc(C(F)(F)F)c(C(=O)Nc3ccc(F)cc3)c2)OC1(C)C.O=C(Nc1ccc(F)cc1)c1cc(-c2cccn3c(-c4ccccn4)ncc23)ccc1C(F)(F)F.O=C(Nc1ccc(F)cc1)c1cc(-c2cccn3cncc23)ccc1C(F)(F)F. The second-order valence-electron chi connectivity index (χ2n) is 23.9. The minimum atomic E-state index is -4.75. The fourth-order valence-electron chi connectivity index (χ4n) is 10.7. The lowest BCUT2D eigenvalue weighted by Gasteiger charge is -2.32. The van der Waals surface area contributed by atoms with Crippen LogP contribution in [-0.4, -0.2) is 69.2 Å². The fraction of sp³-hybridized carbons (Fsp3) is 0.122. The molecule has 8 heterocycles. The molecule has 14 rings (SSSR count). The van der Waals surface area contributed by atoms with Crippen molar-refractivity contribution in [1.29, 1.82) is 0 Å². The number of pyridine rings is 4. The summed E-state index contributed by atoms with van der Waals surface area (Å²) in [5.74, 6) is -3.87. The number of carbonyl (C=O) groups is 3. The molecule has 1 aliphatic rings. The van der Waals surface area contributed by atoms with E-state index < -0.39 is 105 Å². The highest BCUT2D eigenvalue weighted by Crippen LogP contribution is 2.41. The third-order valence-corrected chi connectivity index (χ3v) is 17.2. The Morgan fingerprint density at radius 1 is 0.456 bits per heavy atom. The molecule has 0 radical (unpaired) electrons. The molecule has 1 fully saturated rings. The van der Waals surface area contributed by atoms with Crippen LogP contribution in [0.2, 0.25) is 0 Å². The molecule has 0 saturated carbocycles. The van der Waals surface area contributed by atoms with Crippen LogP contribution >= 0.6 is 15.9 Å². The third kappa shape index (κ3) is 16.8. The van der Waals surface area contributed by atoms with Crippen molar-refractivity contribution in [3.8, 4) is 33.8 Å². The number of fused-ring (bicyclic) bond motifs is 3. The molecule has 0 spiro atoms. The minimum absolute atomic E-state index is 0.172. The molecule has 0 unspecified atom stereocenters. The molecule has 29 heteroatoms. The van der Waals surface area contributed by atoms with Crippen LogP contribution in [0.15, 0.2) is 242 Å². The van der Waals surface area contributed by atoms with Crippen molar-refractivity contribution in [2.24, 2.45) is 0 Å². The first-order chi connectivity index (χ1) is 48.8. The van der Waals surface area contributed by atoms with Crippen molar-refractivity contribution >= 4 is 79.8 Å². The van der Waals surface area contributed by atoms with E-state index in [4.69, 9.17) is 9.31 Å². The smallest absolute Gasteiger partial charge is 0.399 e. The first kappa shape index (κ1) is 72.8. The maximum absolute atomic E-state index is 13.7.